The van der Waals surface area contributed by atoms with Crippen molar-refractivity contribution >= 4 is 34.6 Å². The molecule has 0 bridgehead atoms. The summed E-state index contributed by atoms with van der Waals surface area (Å²) in [4.78, 5) is 37.0. The SMILES string of the molecule is CCOc1ccc(N[C@@H]2SC(=O)N(Cc3cccc(C(=O)O)c3)C2=O)cc1. The number of hydrogen-bond acceptors (Lipinski definition) is 6. The first-order chi connectivity index (χ1) is 13.0. The molecule has 1 aliphatic heterocycles. The van der Waals surface area contributed by atoms with Gasteiger partial charge in [0, 0.05) is 5.69 Å². The monoisotopic (exact) mass is 386 g/mol. The lowest BCUT2D eigenvalue weighted by Crippen LogP contribution is -2.33. The summed E-state index contributed by atoms with van der Waals surface area (Å²) in [6.07, 6.45) is 0. The Kier molecular flexibility index (Phi) is 5.66. The molecule has 0 spiro atoms. The Morgan fingerprint density at radius 3 is 2.63 bits per heavy atom. The van der Waals surface area contributed by atoms with Crippen molar-refractivity contribution in [3.8, 4) is 5.75 Å². The average molecular weight is 386 g/mol. The standard InChI is InChI=1S/C19H18N2O5S/c1-2-26-15-8-6-14(7-9-15)20-16-17(22)21(19(25)27-16)11-12-4-3-5-13(10-12)18(23)24/h3-10,16,20H,2,11H2,1H3,(H,23,24)/t16-/m1/s1. The molecule has 2 aromatic rings. The van der Waals surface area contributed by atoms with Crippen LogP contribution in [0.15, 0.2) is 48.5 Å². The summed E-state index contributed by atoms with van der Waals surface area (Å²) in [5.74, 6) is -0.690. The molecule has 2 N–H and O–H groups in total. The molecule has 2 aromatic carbocycles. The maximum absolute atomic E-state index is 12.6. The van der Waals surface area contributed by atoms with Crippen LogP contribution in [-0.4, -0.2) is 39.1 Å². The number of thioether (sulfide) groups is 1. The molecule has 1 saturated heterocycles. The van der Waals surface area contributed by atoms with Crippen molar-refractivity contribution in [3.05, 3.63) is 59.7 Å². The molecule has 0 aliphatic carbocycles. The lowest BCUT2D eigenvalue weighted by atomic mass is 10.1. The normalized spacial score (nSPS) is 16.5. The van der Waals surface area contributed by atoms with Gasteiger partial charge in [0.25, 0.3) is 11.1 Å². The Hall–Kier alpha value is -3.00. The molecule has 0 radical (unpaired) electrons. The van der Waals surface area contributed by atoms with Gasteiger partial charge in [0.05, 0.1) is 18.7 Å². The third-order valence-electron chi connectivity index (χ3n) is 3.91. The third-order valence-corrected chi connectivity index (χ3v) is 4.88. The lowest BCUT2D eigenvalue weighted by Gasteiger charge is -2.15. The molecule has 2 amide bonds. The highest BCUT2D eigenvalue weighted by molar-refractivity contribution is 8.15. The summed E-state index contributed by atoms with van der Waals surface area (Å²) in [5, 5.41) is 11.0. The van der Waals surface area contributed by atoms with Crippen molar-refractivity contribution in [2.75, 3.05) is 11.9 Å². The van der Waals surface area contributed by atoms with E-state index < -0.39 is 11.3 Å². The number of nitrogens with one attached hydrogen (secondary N) is 1. The molecule has 1 aliphatic rings. The van der Waals surface area contributed by atoms with Crippen molar-refractivity contribution in [2.24, 2.45) is 0 Å². The summed E-state index contributed by atoms with van der Waals surface area (Å²) < 4.78 is 5.37. The largest absolute Gasteiger partial charge is 0.494 e. The minimum atomic E-state index is -1.06. The molecule has 1 atom stereocenters. The van der Waals surface area contributed by atoms with E-state index in [1.165, 1.54) is 12.1 Å². The molecule has 1 fully saturated rings. The van der Waals surface area contributed by atoms with E-state index in [0.29, 0.717) is 17.9 Å². The topological polar surface area (TPSA) is 95.9 Å². The van der Waals surface area contributed by atoms with Crippen LogP contribution < -0.4 is 10.1 Å². The number of amides is 2. The van der Waals surface area contributed by atoms with Gasteiger partial charge in [-0.1, -0.05) is 12.1 Å². The number of aromatic carboxylic acids is 1. The van der Waals surface area contributed by atoms with Crippen LogP contribution >= 0.6 is 11.8 Å². The fraction of sp³-hybridized carbons (Fsp3) is 0.211. The van der Waals surface area contributed by atoms with Gasteiger partial charge in [-0.2, -0.15) is 0 Å². The Bertz CT molecular complexity index is 869. The van der Waals surface area contributed by atoms with E-state index in [1.54, 1.807) is 36.4 Å². The van der Waals surface area contributed by atoms with Crippen molar-refractivity contribution in [1.29, 1.82) is 0 Å². The van der Waals surface area contributed by atoms with E-state index in [4.69, 9.17) is 9.84 Å². The number of carbonyl (C=O) groups excluding carboxylic acids is 2. The lowest BCUT2D eigenvalue weighted by molar-refractivity contribution is -0.126. The Labute approximate surface area is 160 Å². The number of nitrogens with zero attached hydrogens (tertiary/aromatic N) is 1. The van der Waals surface area contributed by atoms with E-state index >= 15 is 0 Å². The molecule has 0 aromatic heterocycles. The number of carbonyl (C=O) groups is 3. The number of benzene rings is 2. The maximum Gasteiger partial charge on any atom is 0.335 e. The number of ether oxygens (including phenoxy) is 1. The second kappa shape index (κ2) is 8.13. The Morgan fingerprint density at radius 1 is 1.22 bits per heavy atom. The summed E-state index contributed by atoms with van der Waals surface area (Å²) in [7, 11) is 0. The third kappa shape index (κ3) is 4.40. The van der Waals surface area contributed by atoms with Crippen LogP contribution in [0.2, 0.25) is 0 Å². The van der Waals surface area contributed by atoms with Crippen LogP contribution in [-0.2, 0) is 11.3 Å². The number of carboxylic acids is 1. The van der Waals surface area contributed by atoms with Crippen LogP contribution in [0.3, 0.4) is 0 Å². The summed E-state index contributed by atoms with van der Waals surface area (Å²) >= 11 is 0.900. The Balaban J connectivity index is 1.67. The van der Waals surface area contributed by atoms with Crippen molar-refractivity contribution in [1.82, 2.24) is 4.90 Å². The second-order valence-electron chi connectivity index (χ2n) is 5.80. The minimum absolute atomic E-state index is 0.0350. The van der Waals surface area contributed by atoms with Crippen LogP contribution in [0.25, 0.3) is 0 Å². The first-order valence-corrected chi connectivity index (χ1v) is 9.19. The number of anilines is 1. The van der Waals surface area contributed by atoms with Crippen LogP contribution in [0.1, 0.15) is 22.8 Å². The quantitative estimate of drug-likeness (QED) is 0.753. The fourth-order valence-electron chi connectivity index (χ4n) is 2.63. The van der Waals surface area contributed by atoms with Crippen molar-refractivity contribution in [2.45, 2.75) is 18.8 Å². The van der Waals surface area contributed by atoms with Gasteiger partial charge in [0.2, 0.25) is 0 Å². The first kappa shape index (κ1) is 18.8. The molecule has 27 heavy (non-hydrogen) atoms. The van der Waals surface area contributed by atoms with Gasteiger partial charge in [-0.15, -0.1) is 0 Å². The number of carboxylic acid groups (broad SMARTS) is 1. The van der Waals surface area contributed by atoms with Gasteiger partial charge in [-0.3, -0.25) is 14.5 Å². The molecule has 7 nitrogen and oxygen atoms in total. The second-order valence-corrected chi connectivity index (χ2v) is 6.85. The zero-order valence-electron chi connectivity index (χ0n) is 14.5. The highest BCUT2D eigenvalue weighted by Crippen LogP contribution is 2.30. The predicted octanol–water partition coefficient (Wildman–Crippen LogP) is 3.42. The van der Waals surface area contributed by atoms with Crippen LogP contribution in [0.5, 0.6) is 5.75 Å². The van der Waals surface area contributed by atoms with Gasteiger partial charge in [-0.05, 0) is 60.6 Å². The van der Waals surface area contributed by atoms with E-state index in [9.17, 15) is 14.4 Å². The molecular formula is C19H18N2O5S. The first-order valence-electron chi connectivity index (χ1n) is 8.31. The van der Waals surface area contributed by atoms with E-state index in [1.807, 2.05) is 6.92 Å². The highest BCUT2D eigenvalue weighted by atomic mass is 32.2. The van der Waals surface area contributed by atoms with Crippen LogP contribution in [0.4, 0.5) is 10.5 Å². The molecule has 0 unspecified atom stereocenters. The zero-order chi connectivity index (χ0) is 19.4. The molecule has 1 heterocycles. The van der Waals surface area contributed by atoms with E-state index in [2.05, 4.69) is 5.32 Å². The van der Waals surface area contributed by atoms with Crippen LogP contribution in [0, 0.1) is 0 Å². The van der Waals surface area contributed by atoms with Gasteiger partial charge in [-0.25, -0.2) is 4.79 Å². The summed E-state index contributed by atoms with van der Waals surface area (Å²) in [5.41, 5.74) is 1.40. The van der Waals surface area contributed by atoms with E-state index in [0.717, 1.165) is 22.4 Å². The van der Waals surface area contributed by atoms with Gasteiger partial charge < -0.3 is 15.2 Å². The summed E-state index contributed by atoms with van der Waals surface area (Å²) in [6, 6.07) is 13.3. The molecular weight excluding hydrogens is 368 g/mol. The molecule has 0 saturated carbocycles. The molecule has 3 rings (SSSR count). The zero-order valence-corrected chi connectivity index (χ0v) is 15.4. The minimum Gasteiger partial charge on any atom is -0.494 e. The molecule has 8 heteroatoms. The highest BCUT2D eigenvalue weighted by Gasteiger charge is 2.39. The predicted molar refractivity (Wildman–Crippen MR) is 102 cm³/mol. The van der Waals surface area contributed by atoms with Crippen molar-refractivity contribution in [3.63, 3.8) is 0 Å². The van der Waals surface area contributed by atoms with Gasteiger partial charge in [0.15, 0.2) is 5.37 Å². The van der Waals surface area contributed by atoms with Gasteiger partial charge >= 0.3 is 5.97 Å². The number of rotatable bonds is 7. The maximum atomic E-state index is 12.6. The van der Waals surface area contributed by atoms with Gasteiger partial charge in [0.1, 0.15) is 5.75 Å². The summed E-state index contributed by atoms with van der Waals surface area (Å²) in [6.45, 7) is 2.50. The average Bonchev–Trinajstić information content (AvgIpc) is 2.91. The van der Waals surface area contributed by atoms with E-state index in [-0.39, 0.29) is 23.3 Å². The number of imide groups is 1. The number of hydrogen-bond donors (Lipinski definition) is 2. The fourth-order valence-corrected chi connectivity index (χ4v) is 3.54. The molecule has 140 valence electrons. The Morgan fingerprint density at radius 2 is 1.96 bits per heavy atom. The van der Waals surface area contributed by atoms with Crippen molar-refractivity contribution < 1.29 is 24.2 Å². The smallest absolute Gasteiger partial charge is 0.335 e.